The van der Waals surface area contributed by atoms with Gasteiger partial charge in [-0.2, -0.15) is 0 Å². The number of hydrogen-bond acceptors (Lipinski definition) is 3. The minimum Gasteiger partial charge on any atom is -0.427 e. The van der Waals surface area contributed by atoms with Crippen LogP contribution < -0.4 is 4.74 Å². The molecule has 3 nitrogen and oxygen atoms in total. The molecule has 70 valence electrons. The van der Waals surface area contributed by atoms with Crippen LogP contribution >= 0.6 is 0 Å². The van der Waals surface area contributed by atoms with Crippen molar-refractivity contribution in [3.05, 3.63) is 29.8 Å². The van der Waals surface area contributed by atoms with E-state index in [9.17, 15) is 9.59 Å². The molecule has 0 fully saturated rings. The molecule has 1 aromatic rings. The van der Waals surface area contributed by atoms with Crippen LogP contribution in [0.25, 0.3) is 0 Å². The molecule has 0 atom stereocenters. The van der Waals surface area contributed by atoms with Crippen LogP contribution in [0.2, 0.25) is 6.32 Å². The Balaban J connectivity index is 2.78. The van der Waals surface area contributed by atoms with E-state index in [4.69, 9.17) is 12.6 Å². The Bertz CT molecular complexity index is 343. The van der Waals surface area contributed by atoms with Gasteiger partial charge in [-0.1, -0.05) is 0 Å². The van der Waals surface area contributed by atoms with E-state index in [-0.39, 0.29) is 18.1 Å². The number of ketones is 1. The third-order valence-electron chi connectivity index (χ3n) is 1.62. The van der Waals surface area contributed by atoms with Crippen LogP contribution in [0, 0.1) is 0 Å². The van der Waals surface area contributed by atoms with Gasteiger partial charge in [0.25, 0.3) is 0 Å². The molecule has 0 aliphatic heterocycles. The van der Waals surface area contributed by atoms with Crippen LogP contribution in [-0.4, -0.2) is 19.6 Å². The fourth-order valence-corrected chi connectivity index (χ4v) is 0.993. The summed E-state index contributed by atoms with van der Waals surface area (Å²) < 4.78 is 4.80. The molecule has 0 aliphatic carbocycles. The van der Waals surface area contributed by atoms with Crippen molar-refractivity contribution in [2.75, 3.05) is 0 Å². The van der Waals surface area contributed by atoms with E-state index in [0.29, 0.717) is 11.3 Å². The van der Waals surface area contributed by atoms with E-state index >= 15 is 0 Å². The van der Waals surface area contributed by atoms with Gasteiger partial charge in [0.1, 0.15) is 5.75 Å². The zero-order valence-corrected chi connectivity index (χ0v) is 7.82. The van der Waals surface area contributed by atoms with Crippen LogP contribution in [0.5, 0.6) is 5.75 Å². The maximum atomic E-state index is 11.1. The lowest BCUT2D eigenvalue weighted by molar-refractivity contribution is -0.131. The molecule has 4 heteroatoms. The Morgan fingerprint density at radius 1 is 1.29 bits per heavy atom. The molecular weight excluding hydrogens is 179 g/mol. The first-order valence-electron chi connectivity index (χ1n) is 4.15. The van der Waals surface area contributed by atoms with Gasteiger partial charge in [0.2, 0.25) is 0 Å². The fourth-order valence-electron chi connectivity index (χ4n) is 0.993. The van der Waals surface area contributed by atoms with Gasteiger partial charge in [0, 0.05) is 12.5 Å². The summed E-state index contributed by atoms with van der Waals surface area (Å²) in [7, 11) is 5.19. The number of ether oxygens (including phenoxy) is 1. The van der Waals surface area contributed by atoms with Crippen LogP contribution in [0.3, 0.4) is 0 Å². The van der Waals surface area contributed by atoms with Gasteiger partial charge in [-0.25, -0.2) is 0 Å². The van der Waals surface area contributed by atoms with Gasteiger partial charge in [-0.05, 0) is 30.6 Å². The third kappa shape index (κ3) is 2.73. The molecule has 2 radical (unpaired) electrons. The minimum absolute atomic E-state index is 0.0209. The Morgan fingerprint density at radius 2 is 1.86 bits per heavy atom. The molecule has 1 aromatic carbocycles. The quantitative estimate of drug-likeness (QED) is 0.311. The minimum atomic E-state index is -0.386. The number of rotatable bonds is 3. The van der Waals surface area contributed by atoms with Gasteiger partial charge in [0.05, 0.1) is 7.85 Å². The second kappa shape index (κ2) is 4.60. The average Bonchev–Trinajstić information content (AvgIpc) is 2.17. The molecule has 0 aliphatic rings. The summed E-state index contributed by atoms with van der Waals surface area (Å²) in [6.45, 7) is 1.32. The first kappa shape index (κ1) is 10.5. The van der Waals surface area contributed by atoms with Gasteiger partial charge in [-0.15, -0.1) is 0 Å². The summed E-state index contributed by atoms with van der Waals surface area (Å²) in [6.07, 6.45) is -0.0209. The van der Waals surface area contributed by atoms with Gasteiger partial charge < -0.3 is 4.74 Å². The Hall–Kier alpha value is -1.58. The first-order valence-corrected chi connectivity index (χ1v) is 4.15. The van der Waals surface area contributed by atoms with E-state index in [0.717, 1.165) is 0 Å². The number of hydrogen-bond donors (Lipinski definition) is 0. The second-order valence-corrected chi connectivity index (χ2v) is 2.75. The summed E-state index contributed by atoms with van der Waals surface area (Å²) in [5.74, 6) is -0.103. The molecule has 0 unspecified atom stereocenters. The third-order valence-corrected chi connectivity index (χ3v) is 1.62. The lowest BCUT2D eigenvalue weighted by Crippen LogP contribution is -2.02. The Kier molecular flexibility index (Phi) is 3.45. The molecule has 0 aromatic heterocycles. The lowest BCUT2D eigenvalue weighted by atomic mass is 9.96. The maximum absolute atomic E-state index is 11.1. The van der Waals surface area contributed by atoms with E-state index < -0.39 is 0 Å². The second-order valence-electron chi connectivity index (χ2n) is 2.75. The highest BCUT2D eigenvalue weighted by Gasteiger charge is 2.03. The number of Topliss-reactive ketones (excluding diaryl/α,β-unsaturated/α-hetero) is 1. The molecule has 0 spiro atoms. The summed E-state index contributed by atoms with van der Waals surface area (Å²) in [6, 6.07) is 6.27. The van der Waals surface area contributed by atoms with Crippen molar-refractivity contribution in [1.29, 1.82) is 0 Å². The highest BCUT2D eigenvalue weighted by molar-refractivity contribution is 6.23. The molecule has 14 heavy (non-hydrogen) atoms. The van der Waals surface area contributed by atoms with E-state index in [2.05, 4.69) is 0 Å². The van der Waals surface area contributed by atoms with Gasteiger partial charge >= 0.3 is 5.97 Å². The zero-order valence-electron chi connectivity index (χ0n) is 7.82. The highest BCUT2D eigenvalue weighted by atomic mass is 16.5. The Labute approximate surface area is 83.5 Å². The van der Waals surface area contributed by atoms with E-state index in [1.54, 1.807) is 24.3 Å². The van der Waals surface area contributed by atoms with Crippen LogP contribution in [0.4, 0.5) is 0 Å². The average molecular weight is 188 g/mol. The van der Waals surface area contributed by atoms with Crippen molar-refractivity contribution in [2.24, 2.45) is 0 Å². The summed E-state index contributed by atoms with van der Waals surface area (Å²) in [5.41, 5.74) is 0.517. The predicted molar refractivity (Wildman–Crippen MR) is 52.6 cm³/mol. The van der Waals surface area contributed by atoms with Crippen molar-refractivity contribution in [3.8, 4) is 5.75 Å². The SMILES string of the molecule is [B]CC(=O)c1ccc(OC(C)=O)cc1. The first-order chi connectivity index (χ1) is 6.63. The van der Waals surface area contributed by atoms with Crippen LogP contribution in [-0.2, 0) is 4.79 Å². The van der Waals surface area contributed by atoms with E-state index in [1.165, 1.54) is 6.92 Å². The van der Waals surface area contributed by atoms with Crippen molar-refractivity contribution in [1.82, 2.24) is 0 Å². The molecule has 0 bridgehead atoms. The maximum Gasteiger partial charge on any atom is 0.308 e. The largest absolute Gasteiger partial charge is 0.427 e. The number of carbonyl (C=O) groups excluding carboxylic acids is 2. The highest BCUT2D eigenvalue weighted by Crippen LogP contribution is 2.13. The number of carbonyl (C=O) groups is 2. The van der Waals surface area contributed by atoms with Gasteiger partial charge in [0.15, 0.2) is 5.78 Å². The molecule has 0 N–H and O–H groups in total. The normalized spacial score (nSPS) is 9.50. The lowest BCUT2D eigenvalue weighted by Gasteiger charge is -2.01. The van der Waals surface area contributed by atoms with Gasteiger partial charge in [-0.3, -0.25) is 9.59 Å². The fraction of sp³-hybridized carbons (Fsp3) is 0.200. The van der Waals surface area contributed by atoms with Crippen molar-refractivity contribution in [3.63, 3.8) is 0 Å². The molecule has 1 rings (SSSR count). The van der Waals surface area contributed by atoms with Crippen molar-refractivity contribution < 1.29 is 14.3 Å². The topological polar surface area (TPSA) is 43.4 Å². The van der Waals surface area contributed by atoms with Crippen LogP contribution in [0.15, 0.2) is 24.3 Å². The summed E-state index contributed by atoms with van der Waals surface area (Å²) in [5, 5.41) is 0. The molecule has 0 heterocycles. The molecule has 0 amide bonds. The Morgan fingerprint density at radius 3 is 2.29 bits per heavy atom. The summed E-state index contributed by atoms with van der Waals surface area (Å²) >= 11 is 0. The molecule has 0 saturated heterocycles. The standard InChI is InChI=1S/C10H9BO3/c1-7(12)14-9-4-2-8(3-5-9)10(13)6-11/h2-5H,6H2,1H3. The number of esters is 1. The van der Waals surface area contributed by atoms with Crippen LogP contribution in [0.1, 0.15) is 17.3 Å². The van der Waals surface area contributed by atoms with Crippen molar-refractivity contribution in [2.45, 2.75) is 13.2 Å². The summed E-state index contributed by atoms with van der Waals surface area (Å²) in [4.78, 5) is 21.7. The molecule has 0 saturated carbocycles. The smallest absolute Gasteiger partial charge is 0.308 e. The van der Waals surface area contributed by atoms with Crippen molar-refractivity contribution >= 4 is 19.6 Å². The van der Waals surface area contributed by atoms with E-state index in [1.807, 2.05) is 0 Å². The monoisotopic (exact) mass is 188 g/mol. The molecular formula is C10H9BO3. The number of benzene rings is 1. The predicted octanol–water partition coefficient (Wildman–Crippen LogP) is 1.38. The zero-order chi connectivity index (χ0) is 10.6.